The van der Waals surface area contributed by atoms with E-state index in [2.05, 4.69) is 54.8 Å². The molecular weight excluding hydrogens is 305 g/mol. The Bertz CT molecular complexity index is 288. The highest BCUT2D eigenvalue weighted by Gasteiger charge is 2.14. The zero-order valence-electron chi connectivity index (χ0n) is 9.01. The second-order valence-corrected chi connectivity index (χ2v) is 7.70. The Morgan fingerprint density at radius 3 is 2.57 bits per heavy atom. The zero-order chi connectivity index (χ0) is 10.8. The summed E-state index contributed by atoms with van der Waals surface area (Å²) < 4.78 is 1.32. The molecule has 0 amide bonds. The monoisotopic (exact) mass is 323 g/mol. The van der Waals surface area contributed by atoms with Crippen LogP contribution in [0.4, 0.5) is 0 Å². The molecule has 0 bridgehead atoms. The first-order chi connectivity index (χ1) is 6.38. The van der Waals surface area contributed by atoms with Gasteiger partial charge in [0.1, 0.15) is 0 Å². The Kier molecular flexibility index (Phi) is 4.40. The van der Waals surface area contributed by atoms with Gasteiger partial charge in [-0.1, -0.05) is 20.8 Å². The van der Waals surface area contributed by atoms with E-state index in [4.69, 9.17) is 5.73 Å². The Labute approximate surface area is 104 Å². The lowest BCUT2D eigenvalue weighted by atomic mass is 9.88. The molecule has 0 aliphatic rings. The van der Waals surface area contributed by atoms with Gasteiger partial charge in [0.2, 0.25) is 0 Å². The van der Waals surface area contributed by atoms with Gasteiger partial charge < -0.3 is 5.73 Å². The molecule has 1 rings (SSSR count). The van der Waals surface area contributed by atoms with Crippen LogP contribution in [0.1, 0.15) is 45.2 Å². The summed E-state index contributed by atoms with van der Waals surface area (Å²) in [7, 11) is 0. The van der Waals surface area contributed by atoms with Crippen LogP contribution >= 0.6 is 33.9 Å². The van der Waals surface area contributed by atoms with Crippen LogP contribution in [0, 0.1) is 8.30 Å². The van der Waals surface area contributed by atoms with Gasteiger partial charge in [-0.05, 0) is 57.9 Å². The fourth-order valence-electron chi connectivity index (χ4n) is 1.27. The third-order valence-electron chi connectivity index (χ3n) is 2.22. The van der Waals surface area contributed by atoms with Crippen molar-refractivity contribution in [3.05, 3.63) is 19.9 Å². The maximum atomic E-state index is 6.12. The van der Waals surface area contributed by atoms with Crippen molar-refractivity contribution < 1.29 is 0 Å². The highest BCUT2D eigenvalue weighted by atomic mass is 127. The van der Waals surface area contributed by atoms with Gasteiger partial charge in [0.15, 0.2) is 0 Å². The summed E-state index contributed by atoms with van der Waals surface area (Å²) in [6.45, 7) is 6.78. The van der Waals surface area contributed by atoms with E-state index in [9.17, 15) is 0 Å². The van der Waals surface area contributed by atoms with Crippen LogP contribution in [0.15, 0.2) is 11.4 Å². The summed E-state index contributed by atoms with van der Waals surface area (Å²) in [5.41, 5.74) is 7.80. The zero-order valence-corrected chi connectivity index (χ0v) is 12.0. The summed E-state index contributed by atoms with van der Waals surface area (Å²) in [4.78, 5) is 0. The molecule has 0 aliphatic heterocycles. The first-order valence-electron chi connectivity index (χ1n) is 4.88. The Morgan fingerprint density at radius 1 is 1.50 bits per heavy atom. The SMILES string of the molecule is CC(C)(C)CCC(N)c1csc(I)c1. The lowest BCUT2D eigenvalue weighted by molar-refractivity contribution is 0.350. The molecule has 1 heterocycles. The highest BCUT2D eigenvalue weighted by molar-refractivity contribution is 14.1. The maximum Gasteiger partial charge on any atom is 0.0656 e. The second-order valence-electron chi connectivity index (χ2n) is 4.89. The normalized spacial score (nSPS) is 14.4. The van der Waals surface area contributed by atoms with Gasteiger partial charge in [-0.2, -0.15) is 0 Å². The Morgan fingerprint density at radius 2 is 2.14 bits per heavy atom. The van der Waals surface area contributed by atoms with Crippen LogP contribution in [0.5, 0.6) is 0 Å². The van der Waals surface area contributed by atoms with E-state index in [1.54, 1.807) is 11.3 Å². The standard InChI is InChI=1S/C11H18INS/c1-11(2,3)5-4-9(13)8-6-10(12)14-7-8/h6-7,9H,4-5,13H2,1-3H3. The van der Waals surface area contributed by atoms with Gasteiger partial charge in [-0.25, -0.2) is 0 Å². The van der Waals surface area contributed by atoms with Crippen molar-refractivity contribution >= 4 is 33.9 Å². The average molecular weight is 323 g/mol. The number of hydrogen-bond donors (Lipinski definition) is 1. The van der Waals surface area contributed by atoms with Crippen LogP contribution in [0.3, 0.4) is 0 Å². The average Bonchev–Trinajstić information content (AvgIpc) is 2.46. The summed E-state index contributed by atoms with van der Waals surface area (Å²) >= 11 is 4.11. The lowest BCUT2D eigenvalue weighted by Gasteiger charge is -2.20. The predicted molar refractivity (Wildman–Crippen MR) is 72.7 cm³/mol. The molecule has 1 atom stereocenters. The molecule has 0 spiro atoms. The molecule has 0 aromatic carbocycles. The number of rotatable bonds is 3. The first-order valence-corrected chi connectivity index (χ1v) is 6.84. The van der Waals surface area contributed by atoms with Crippen molar-refractivity contribution in [3.63, 3.8) is 0 Å². The molecule has 14 heavy (non-hydrogen) atoms. The van der Waals surface area contributed by atoms with Crippen molar-refractivity contribution in [2.45, 2.75) is 39.7 Å². The number of halogens is 1. The van der Waals surface area contributed by atoms with Gasteiger partial charge in [-0.15, -0.1) is 11.3 Å². The second kappa shape index (κ2) is 4.94. The lowest BCUT2D eigenvalue weighted by Crippen LogP contribution is -2.14. The fourth-order valence-corrected chi connectivity index (χ4v) is 2.71. The fraction of sp³-hybridized carbons (Fsp3) is 0.636. The largest absolute Gasteiger partial charge is 0.324 e. The van der Waals surface area contributed by atoms with Gasteiger partial charge in [-0.3, -0.25) is 0 Å². The van der Waals surface area contributed by atoms with Gasteiger partial charge in [0, 0.05) is 6.04 Å². The van der Waals surface area contributed by atoms with E-state index in [1.807, 2.05) is 0 Å². The molecule has 1 nitrogen and oxygen atoms in total. The van der Waals surface area contributed by atoms with Crippen LogP contribution < -0.4 is 5.73 Å². The smallest absolute Gasteiger partial charge is 0.0656 e. The minimum atomic E-state index is 0.217. The van der Waals surface area contributed by atoms with Gasteiger partial charge in [0.05, 0.1) is 2.88 Å². The van der Waals surface area contributed by atoms with Crippen molar-refractivity contribution in [1.29, 1.82) is 0 Å². The summed E-state index contributed by atoms with van der Waals surface area (Å²) in [5.74, 6) is 0. The van der Waals surface area contributed by atoms with Crippen molar-refractivity contribution in [1.82, 2.24) is 0 Å². The predicted octanol–water partition coefficient (Wildman–Crippen LogP) is 4.18. The van der Waals surface area contributed by atoms with Crippen molar-refractivity contribution in [2.24, 2.45) is 11.1 Å². The summed E-state index contributed by atoms with van der Waals surface area (Å²) in [6, 6.07) is 2.41. The Balaban J connectivity index is 2.47. The molecule has 80 valence electrons. The third-order valence-corrected chi connectivity index (χ3v) is 4.03. The molecule has 0 saturated heterocycles. The van der Waals surface area contributed by atoms with E-state index in [0.717, 1.165) is 6.42 Å². The molecule has 1 aromatic rings. The van der Waals surface area contributed by atoms with E-state index < -0.39 is 0 Å². The van der Waals surface area contributed by atoms with Crippen LogP contribution in [0.25, 0.3) is 0 Å². The molecule has 1 aromatic heterocycles. The van der Waals surface area contributed by atoms with Crippen molar-refractivity contribution in [2.75, 3.05) is 0 Å². The molecule has 1 unspecified atom stereocenters. The minimum absolute atomic E-state index is 0.217. The minimum Gasteiger partial charge on any atom is -0.324 e. The number of hydrogen-bond acceptors (Lipinski definition) is 2. The highest BCUT2D eigenvalue weighted by Crippen LogP contribution is 2.28. The van der Waals surface area contributed by atoms with E-state index in [0.29, 0.717) is 5.41 Å². The molecule has 0 saturated carbocycles. The first kappa shape index (κ1) is 12.5. The van der Waals surface area contributed by atoms with Crippen LogP contribution in [0.2, 0.25) is 0 Å². The van der Waals surface area contributed by atoms with Crippen LogP contribution in [-0.2, 0) is 0 Å². The summed E-state index contributed by atoms with van der Waals surface area (Å²) in [5, 5.41) is 2.18. The van der Waals surface area contributed by atoms with Gasteiger partial charge in [0.25, 0.3) is 0 Å². The van der Waals surface area contributed by atoms with E-state index in [1.165, 1.54) is 14.9 Å². The Hall–Kier alpha value is 0.390. The number of thiophene rings is 1. The topological polar surface area (TPSA) is 26.0 Å². The molecule has 2 N–H and O–H groups in total. The molecule has 0 fully saturated rings. The maximum absolute atomic E-state index is 6.12. The number of nitrogens with two attached hydrogens (primary N) is 1. The quantitative estimate of drug-likeness (QED) is 0.830. The van der Waals surface area contributed by atoms with Crippen molar-refractivity contribution in [3.8, 4) is 0 Å². The van der Waals surface area contributed by atoms with Crippen LogP contribution in [-0.4, -0.2) is 0 Å². The van der Waals surface area contributed by atoms with E-state index >= 15 is 0 Å². The molecule has 3 heteroatoms. The molecule has 0 radical (unpaired) electrons. The van der Waals surface area contributed by atoms with Gasteiger partial charge >= 0.3 is 0 Å². The third kappa shape index (κ3) is 4.28. The molecular formula is C11H18INS. The van der Waals surface area contributed by atoms with E-state index in [-0.39, 0.29) is 6.04 Å². The summed E-state index contributed by atoms with van der Waals surface area (Å²) in [6.07, 6.45) is 2.26. The molecule has 0 aliphatic carbocycles.